The summed E-state index contributed by atoms with van der Waals surface area (Å²) in [4.78, 5) is 6.70. The third-order valence-corrected chi connectivity index (χ3v) is 4.13. The van der Waals surface area contributed by atoms with Crippen LogP contribution < -0.4 is 4.90 Å². The number of anilines is 1. The van der Waals surface area contributed by atoms with Crippen molar-refractivity contribution in [3.8, 4) is 0 Å². The first-order valence-electron chi connectivity index (χ1n) is 5.38. The molecule has 3 heteroatoms. The highest BCUT2D eigenvalue weighted by atomic mass is 35.5. The first-order valence-corrected chi connectivity index (χ1v) is 5.91. The van der Waals surface area contributed by atoms with E-state index in [9.17, 15) is 0 Å². The van der Waals surface area contributed by atoms with E-state index in [0.717, 1.165) is 24.8 Å². The molecular formula is C12H17ClN2. The number of halogens is 1. The Kier molecular flexibility index (Phi) is 2.87. The van der Waals surface area contributed by atoms with Crippen LogP contribution in [0.4, 0.5) is 5.82 Å². The lowest BCUT2D eigenvalue weighted by Crippen LogP contribution is -2.28. The Labute approximate surface area is 96.3 Å². The van der Waals surface area contributed by atoms with Crippen molar-refractivity contribution < 1.29 is 0 Å². The van der Waals surface area contributed by atoms with Crippen LogP contribution in [0, 0.1) is 11.3 Å². The molecule has 1 aromatic rings. The number of hydrogen-bond donors (Lipinski definition) is 0. The molecule has 1 aliphatic rings. The summed E-state index contributed by atoms with van der Waals surface area (Å²) >= 11 is 6.05. The molecule has 0 saturated carbocycles. The Bertz CT molecular complexity index is 328. The number of pyridine rings is 1. The van der Waals surface area contributed by atoms with E-state index < -0.39 is 0 Å². The van der Waals surface area contributed by atoms with Crippen LogP contribution in [-0.2, 0) is 0 Å². The van der Waals surface area contributed by atoms with E-state index in [1.165, 1.54) is 0 Å². The molecule has 0 amide bonds. The average Bonchev–Trinajstić information content (AvgIpc) is 2.58. The predicted molar refractivity (Wildman–Crippen MR) is 64.4 cm³/mol. The summed E-state index contributed by atoms with van der Waals surface area (Å²) in [5.41, 5.74) is 0.221. The lowest BCUT2D eigenvalue weighted by atomic mass is 9.83. The first-order chi connectivity index (χ1) is 7.15. The highest BCUT2D eigenvalue weighted by Gasteiger charge is 2.39. The van der Waals surface area contributed by atoms with Crippen LogP contribution in [0.15, 0.2) is 24.4 Å². The lowest BCUT2D eigenvalue weighted by molar-refractivity contribution is 0.317. The number of hydrogen-bond acceptors (Lipinski definition) is 2. The number of alkyl halides is 1. The molecule has 2 rings (SSSR count). The monoisotopic (exact) mass is 224 g/mol. The van der Waals surface area contributed by atoms with Gasteiger partial charge < -0.3 is 4.90 Å². The molecule has 1 aromatic heterocycles. The summed E-state index contributed by atoms with van der Waals surface area (Å²) in [7, 11) is 0. The number of aromatic nitrogens is 1. The van der Waals surface area contributed by atoms with Gasteiger partial charge in [0, 0.05) is 30.6 Å². The van der Waals surface area contributed by atoms with Crippen LogP contribution in [0.1, 0.15) is 13.8 Å². The average molecular weight is 225 g/mol. The van der Waals surface area contributed by atoms with Crippen LogP contribution in [0.25, 0.3) is 0 Å². The maximum atomic E-state index is 6.05. The van der Waals surface area contributed by atoms with Gasteiger partial charge in [-0.1, -0.05) is 19.9 Å². The summed E-state index contributed by atoms with van der Waals surface area (Å²) in [5.74, 6) is 2.41. The summed E-state index contributed by atoms with van der Waals surface area (Å²) in [6, 6.07) is 6.04. The molecule has 0 N–H and O–H groups in total. The Morgan fingerprint density at radius 2 is 2.40 bits per heavy atom. The molecule has 1 saturated heterocycles. The van der Waals surface area contributed by atoms with Gasteiger partial charge in [-0.3, -0.25) is 0 Å². The minimum atomic E-state index is 0.221. The topological polar surface area (TPSA) is 16.1 Å². The van der Waals surface area contributed by atoms with Crippen LogP contribution in [0.5, 0.6) is 0 Å². The Balaban J connectivity index is 2.16. The second-order valence-corrected chi connectivity index (χ2v) is 5.02. The van der Waals surface area contributed by atoms with Gasteiger partial charge in [0.1, 0.15) is 5.82 Å². The fourth-order valence-electron chi connectivity index (χ4n) is 2.10. The zero-order chi connectivity index (χ0) is 10.9. The Hall–Kier alpha value is -0.760. The Morgan fingerprint density at radius 1 is 1.60 bits per heavy atom. The predicted octanol–water partition coefficient (Wildman–Crippen LogP) is 2.78. The van der Waals surface area contributed by atoms with Crippen molar-refractivity contribution in [2.24, 2.45) is 11.3 Å². The van der Waals surface area contributed by atoms with Gasteiger partial charge in [-0.15, -0.1) is 11.6 Å². The van der Waals surface area contributed by atoms with Crippen LogP contribution in [0.3, 0.4) is 0 Å². The van der Waals surface area contributed by atoms with E-state index in [1.54, 1.807) is 0 Å². The molecular weight excluding hydrogens is 208 g/mol. The third kappa shape index (κ3) is 1.96. The molecule has 2 atom stereocenters. The molecule has 0 radical (unpaired) electrons. The van der Waals surface area contributed by atoms with Gasteiger partial charge in [-0.05, 0) is 18.1 Å². The van der Waals surface area contributed by atoms with E-state index in [0.29, 0.717) is 5.92 Å². The maximum absolute atomic E-state index is 6.05. The molecule has 0 spiro atoms. The SMILES string of the molecule is CC1CN(c2ccccn2)CC1(C)CCl. The first kappa shape index (κ1) is 10.7. The second-order valence-electron chi connectivity index (χ2n) is 4.76. The molecule has 0 aromatic carbocycles. The van der Waals surface area contributed by atoms with E-state index >= 15 is 0 Å². The molecule has 1 aliphatic heterocycles. The van der Waals surface area contributed by atoms with Gasteiger partial charge >= 0.3 is 0 Å². The Morgan fingerprint density at radius 3 is 2.93 bits per heavy atom. The molecule has 2 nitrogen and oxygen atoms in total. The van der Waals surface area contributed by atoms with E-state index in [2.05, 4.69) is 29.8 Å². The number of rotatable bonds is 2. The molecule has 0 aliphatic carbocycles. The van der Waals surface area contributed by atoms with Crippen molar-refractivity contribution in [1.29, 1.82) is 0 Å². The minimum absolute atomic E-state index is 0.221. The minimum Gasteiger partial charge on any atom is -0.356 e. The van der Waals surface area contributed by atoms with Gasteiger partial charge in [0.2, 0.25) is 0 Å². The van der Waals surface area contributed by atoms with Crippen molar-refractivity contribution in [3.05, 3.63) is 24.4 Å². The zero-order valence-corrected chi connectivity index (χ0v) is 10.0. The van der Waals surface area contributed by atoms with Crippen LogP contribution >= 0.6 is 11.6 Å². The normalized spacial score (nSPS) is 30.9. The van der Waals surface area contributed by atoms with Crippen molar-refractivity contribution in [1.82, 2.24) is 4.98 Å². The molecule has 0 bridgehead atoms. The molecule has 2 heterocycles. The lowest BCUT2D eigenvalue weighted by Gasteiger charge is -2.25. The van der Waals surface area contributed by atoms with Gasteiger partial charge in [0.05, 0.1) is 0 Å². The second kappa shape index (κ2) is 4.01. The maximum Gasteiger partial charge on any atom is 0.128 e. The van der Waals surface area contributed by atoms with Crippen molar-refractivity contribution in [2.45, 2.75) is 13.8 Å². The van der Waals surface area contributed by atoms with Crippen LogP contribution in [0.2, 0.25) is 0 Å². The largest absolute Gasteiger partial charge is 0.356 e. The van der Waals surface area contributed by atoms with Crippen molar-refractivity contribution in [3.63, 3.8) is 0 Å². The van der Waals surface area contributed by atoms with Crippen molar-refractivity contribution >= 4 is 17.4 Å². The summed E-state index contributed by atoms with van der Waals surface area (Å²) in [6.07, 6.45) is 1.84. The van der Waals surface area contributed by atoms with E-state index in [4.69, 9.17) is 11.6 Å². The fraction of sp³-hybridized carbons (Fsp3) is 0.583. The van der Waals surface area contributed by atoms with Crippen molar-refractivity contribution in [2.75, 3.05) is 23.9 Å². The van der Waals surface area contributed by atoms with Gasteiger partial charge in [0.25, 0.3) is 0 Å². The fourth-order valence-corrected chi connectivity index (χ4v) is 2.44. The zero-order valence-electron chi connectivity index (χ0n) is 9.28. The summed E-state index contributed by atoms with van der Waals surface area (Å²) in [6.45, 7) is 6.59. The molecule has 82 valence electrons. The molecule has 15 heavy (non-hydrogen) atoms. The smallest absolute Gasteiger partial charge is 0.128 e. The van der Waals surface area contributed by atoms with Crippen LogP contribution in [-0.4, -0.2) is 24.0 Å². The summed E-state index contributed by atoms with van der Waals surface area (Å²) < 4.78 is 0. The quantitative estimate of drug-likeness (QED) is 0.719. The standard InChI is InChI=1S/C12H17ClN2/c1-10-7-15(9-12(10,2)8-13)11-5-3-4-6-14-11/h3-6,10H,7-9H2,1-2H3. The van der Waals surface area contributed by atoms with Gasteiger partial charge in [0.15, 0.2) is 0 Å². The molecule has 1 fully saturated rings. The van der Waals surface area contributed by atoms with Gasteiger partial charge in [-0.25, -0.2) is 4.98 Å². The highest BCUT2D eigenvalue weighted by Crippen LogP contribution is 2.37. The van der Waals surface area contributed by atoms with E-state index in [1.807, 2.05) is 18.3 Å². The highest BCUT2D eigenvalue weighted by molar-refractivity contribution is 6.18. The third-order valence-electron chi connectivity index (χ3n) is 3.51. The van der Waals surface area contributed by atoms with Gasteiger partial charge in [-0.2, -0.15) is 0 Å². The number of nitrogens with zero attached hydrogens (tertiary/aromatic N) is 2. The summed E-state index contributed by atoms with van der Waals surface area (Å²) in [5, 5.41) is 0. The van der Waals surface area contributed by atoms with E-state index in [-0.39, 0.29) is 5.41 Å². The molecule has 2 unspecified atom stereocenters.